The number of nitrogens with zero attached hydrogens (tertiary/aromatic N) is 3. The van der Waals surface area contributed by atoms with Gasteiger partial charge in [0.2, 0.25) is 15.9 Å². The van der Waals surface area contributed by atoms with Gasteiger partial charge in [0.05, 0.1) is 11.6 Å². The van der Waals surface area contributed by atoms with Crippen molar-refractivity contribution in [1.82, 2.24) is 19.2 Å². The molecule has 2 fully saturated rings. The Morgan fingerprint density at radius 1 is 1.14 bits per heavy atom. The number of carbonyl (C=O) groups excluding carboxylic acids is 1. The van der Waals surface area contributed by atoms with Crippen molar-refractivity contribution in [3.63, 3.8) is 0 Å². The van der Waals surface area contributed by atoms with E-state index in [2.05, 4.69) is 14.3 Å². The lowest BCUT2D eigenvalue weighted by Crippen LogP contribution is -2.55. The van der Waals surface area contributed by atoms with Crippen molar-refractivity contribution in [2.24, 2.45) is 11.3 Å². The van der Waals surface area contributed by atoms with Crippen LogP contribution in [0.3, 0.4) is 0 Å². The number of halogens is 1. The number of rotatable bonds is 9. The fraction of sp³-hybridized carbons (Fsp3) is 0.630. The standard InChI is InChI=1S/C27H39FN4O3S/c1-21(2)36(34,35)30-25(18-22-8-10-24(28)11-9-22)26(33)32-15-12-27(13-16-32,19-31-17-14-29-20-31)23-6-4-3-5-7-23/h8-11,14,17,20-21,23,25,30H,3-7,12-13,15-16,18-19H2,1-2H3. The van der Waals surface area contributed by atoms with Crippen LogP contribution in [0.4, 0.5) is 4.39 Å². The number of likely N-dealkylation sites (tertiary alicyclic amines) is 1. The molecule has 1 unspecified atom stereocenters. The predicted molar refractivity (Wildman–Crippen MR) is 138 cm³/mol. The zero-order chi connectivity index (χ0) is 25.8. The Kier molecular flexibility index (Phi) is 8.50. The Labute approximate surface area is 214 Å². The first kappa shape index (κ1) is 26.8. The van der Waals surface area contributed by atoms with E-state index < -0.39 is 21.3 Å². The van der Waals surface area contributed by atoms with Crippen LogP contribution in [-0.4, -0.2) is 53.2 Å². The topological polar surface area (TPSA) is 84.3 Å². The van der Waals surface area contributed by atoms with Gasteiger partial charge in [0.1, 0.15) is 11.9 Å². The van der Waals surface area contributed by atoms with E-state index >= 15 is 0 Å². The van der Waals surface area contributed by atoms with E-state index in [1.165, 1.54) is 44.2 Å². The lowest BCUT2D eigenvalue weighted by Gasteiger charge is -2.48. The van der Waals surface area contributed by atoms with E-state index in [4.69, 9.17) is 0 Å². The van der Waals surface area contributed by atoms with Crippen LogP contribution in [0.1, 0.15) is 64.4 Å². The molecule has 1 aromatic carbocycles. The second kappa shape index (κ2) is 11.4. The summed E-state index contributed by atoms with van der Waals surface area (Å²) in [7, 11) is -3.67. The van der Waals surface area contributed by atoms with Crippen molar-refractivity contribution in [2.45, 2.75) is 83.1 Å². The van der Waals surface area contributed by atoms with Gasteiger partial charge in [-0.2, -0.15) is 0 Å². The Morgan fingerprint density at radius 3 is 2.39 bits per heavy atom. The highest BCUT2D eigenvalue weighted by molar-refractivity contribution is 7.90. The van der Waals surface area contributed by atoms with Crippen molar-refractivity contribution in [3.05, 3.63) is 54.4 Å². The second-order valence-electron chi connectivity index (χ2n) is 10.9. The zero-order valence-corrected chi connectivity index (χ0v) is 22.2. The minimum absolute atomic E-state index is 0.113. The van der Waals surface area contributed by atoms with Crippen LogP contribution in [0, 0.1) is 17.2 Å². The maximum absolute atomic E-state index is 13.7. The Bertz CT molecular complexity index is 1090. The van der Waals surface area contributed by atoms with Crippen LogP contribution in [0.5, 0.6) is 0 Å². The molecule has 2 aromatic rings. The summed E-state index contributed by atoms with van der Waals surface area (Å²) >= 11 is 0. The van der Waals surface area contributed by atoms with Crippen LogP contribution in [-0.2, 0) is 27.8 Å². The Hall–Kier alpha value is -2.26. The van der Waals surface area contributed by atoms with Gasteiger partial charge in [-0.25, -0.2) is 22.5 Å². The third kappa shape index (κ3) is 6.35. The van der Waals surface area contributed by atoms with E-state index in [1.54, 1.807) is 26.0 Å². The largest absolute Gasteiger partial charge is 0.341 e. The van der Waals surface area contributed by atoms with Gasteiger partial charge in [0, 0.05) is 32.0 Å². The molecule has 0 spiro atoms. The highest BCUT2D eigenvalue weighted by atomic mass is 32.2. The molecule has 0 bridgehead atoms. The zero-order valence-electron chi connectivity index (χ0n) is 21.4. The fourth-order valence-electron chi connectivity index (χ4n) is 5.92. The minimum Gasteiger partial charge on any atom is -0.341 e. The molecule has 2 aliphatic rings. The van der Waals surface area contributed by atoms with Gasteiger partial charge >= 0.3 is 0 Å². The number of imidazole rings is 1. The number of benzene rings is 1. The van der Waals surface area contributed by atoms with Crippen molar-refractivity contribution >= 4 is 15.9 Å². The molecule has 0 radical (unpaired) electrons. The number of hydrogen-bond donors (Lipinski definition) is 1. The second-order valence-corrected chi connectivity index (χ2v) is 13.1. The van der Waals surface area contributed by atoms with Gasteiger partial charge in [-0.3, -0.25) is 4.79 Å². The molecule has 4 rings (SSSR count). The van der Waals surface area contributed by atoms with E-state index in [-0.39, 0.29) is 23.6 Å². The van der Waals surface area contributed by atoms with E-state index in [1.807, 2.05) is 23.6 Å². The Morgan fingerprint density at radius 2 is 1.81 bits per heavy atom. The first-order valence-corrected chi connectivity index (χ1v) is 14.7. The van der Waals surface area contributed by atoms with Crippen LogP contribution < -0.4 is 4.72 Å². The molecular weight excluding hydrogens is 479 g/mol. The normalized spacial score (nSPS) is 19.9. The maximum Gasteiger partial charge on any atom is 0.241 e. The molecule has 9 heteroatoms. The van der Waals surface area contributed by atoms with E-state index in [9.17, 15) is 17.6 Å². The number of hydrogen-bond acceptors (Lipinski definition) is 4. The monoisotopic (exact) mass is 518 g/mol. The van der Waals surface area contributed by atoms with E-state index in [0.717, 1.165) is 24.9 Å². The average molecular weight is 519 g/mol. The Balaban J connectivity index is 1.51. The summed E-state index contributed by atoms with van der Waals surface area (Å²) in [6.45, 7) is 5.30. The van der Waals surface area contributed by atoms with Gasteiger partial charge in [-0.05, 0) is 75.0 Å². The van der Waals surface area contributed by atoms with Crippen molar-refractivity contribution < 1.29 is 17.6 Å². The maximum atomic E-state index is 13.7. The molecule has 1 aliphatic carbocycles. The first-order chi connectivity index (χ1) is 17.2. The number of sulfonamides is 1. The molecule has 2 heterocycles. The molecule has 36 heavy (non-hydrogen) atoms. The summed E-state index contributed by atoms with van der Waals surface area (Å²) in [6, 6.07) is 4.97. The number of nitrogens with one attached hydrogen (secondary N) is 1. The third-order valence-electron chi connectivity index (χ3n) is 8.18. The van der Waals surface area contributed by atoms with Crippen LogP contribution in [0.2, 0.25) is 0 Å². The van der Waals surface area contributed by atoms with Crippen LogP contribution in [0.25, 0.3) is 0 Å². The molecule has 1 saturated heterocycles. The predicted octanol–water partition coefficient (Wildman–Crippen LogP) is 4.15. The number of carbonyl (C=O) groups is 1. The minimum atomic E-state index is -3.67. The lowest BCUT2D eigenvalue weighted by atomic mass is 9.63. The summed E-state index contributed by atoms with van der Waals surface area (Å²) < 4.78 is 43.7. The molecule has 1 aromatic heterocycles. The van der Waals surface area contributed by atoms with Crippen molar-refractivity contribution in [1.29, 1.82) is 0 Å². The highest BCUT2D eigenvalue weighted by Gasteiger charge is 2.43. The number of piperidine rings is 1. The molecule has 1 N–H and O–H groups in total. The van der Waals surface area contributed by atoms with E-state index in [0.29, 0.717) is 19.0 Å². The fourth-order valence-corrected chi connectivity index (χ4v) is 6.77. The number of aromatic nitrogens is 2. The molecule has 1 amide bonds. The van der Waals surface area contributed by atoms with Gasteiger partial charge in [-0.15, -0.1) is 0 Å². The summed E-state index contributed by atoms with van der Waals surface area (Å²) in [4.78, 5) is 19.7. The lowest BCUT2D eigenvalue weighted by molar-refractivity contribution is -0.136. The SMILES string of the molecule is CC(C)S(=O)(=O)NC(Cc1ccc(F)cc1)C(=O)N1CCC(Cn2ccnc2)(C2CCCCC2)CC1. The quantitative estimate of drug-likeness (QED) is 0.541. The summed E-state index contributed by atoms with van der Waals surface area (Å²) in [5.74, 6) is 0.0566. The number of amides is 1. The molecule has 1 atom stereocenters. The van der Waals surface area contributed by atoms with Crippen molar-refractivity contribution in [3.8, 4) is 0 Å². The molecule has 1 saturated carbocycles. The molecule has 198 valence electrons. The summed E-state index contributed by atoms with van der Waals surface area (Å²) in [6.07, 6.45) is 13.9. The highest BCUT2D eigenvalue weighted by Crippen LogP contribution is 2.47. The third-order valence-corrected chi connectivity index (χ3v) is 10.0. The van der Waals surface area contributed by atoms with Crippen molar-refractivity contribution in [2.75, 3.05) is 13.1 Å². The molecule has 7 nitrogen and oxygen atoms in total. The summed E-state index contributed by atoms with van der Waals surface area (Å²) in [5.41, 5.74) is 0.830. The first-order valence-electron chi connectivity index (χ1n) is 13.2. The molecular formula is C27H39FN4O3S. The summed E-state index contributed by atoms with van der Waals surface area (Å²) in [5, 5.41) is -0.656. The van der Waals surface area contributed by atoms with Gasteiger partial charge < -0.3 is 9.47 Å². The molecule has 1 aliphatic heterocycles. The van der Waals surface area contributed by atoms with Gasteiger partial charge in [0.25, 0.3) is 0 Å². The van der Waals surface area contributed by atoms with Gasteiger partial charge in [0.15, 0.2) is 0 Å². The van der Waals surface area contributed by atoms with Gasteiger partial charge in [-0.1, -0.05) is 31.4 Å². The van der Waals surface area contributed by atoms with Crippen LogP contribution >= 0.6 is 0 Å². The average Bonchev–Trinajstić information content (AvgIpc) is 3.38. The van der Waals surface area contributed by atoms with Crippen LogP contribution in [0.15, 0.2) is 43.0 Å². The smallest absolute Gasteiger partial charge is 0.241 e.